The fraction of sp³-hybridized carbons (Fsp3) is 0.438. The van der Waals surface area contributed by atoms with Gasteiger partial charge >= 0.3 is 0 Å². The van der Waals surface area contributed by atoms with Crippen LogP contribution < -0.4 is 31.5 Å². The minimum atomic E-state index is -1.09. The van der Waals surface area contributed by atoms with Gasteiger partial charge < -0.3 is 31.5 Å². The molecule has 4 heterocycles. The summed E-state index contributed by atoms with van der Waals surface area (Å²) in [6, 6.07) is 12.0. The van der Waals surface area contributed by atoms with E-state index in [-0.39, 0.29) is 11.3 Å². The third-order valence-electron chi connectivity index (χ3n) is 9.88. The van der Waals surface area contributed by atoms with E-state index in [1.807, 2.05) is 30.3 Å². The molecule has 208 valence electrons. The van der Waals surface area contributed by atoms with Crippen LogP contribution in [0.25, 0.3) is 21.8 Å². The molecule has 8 heteroatoms. The Labute approximate surface area is 234 Å². The molecule has 0 bridgehead atoms. The van der Waals surface area contributed by atoms with Crippen molar-refractivity contribution in [3.05, 3.63) is 59.9 Å². The molecule has 2 atom stereocenters. The zero-order valence-corrected chi connectivity index (χ0v) is 23.5. The Morgan fingerprint density at radius 1 is 0.675 bits per heavy atom. The van der Waals surface area contributed by atoms with E-state index in [0.29, 0.717) is 0 Å². The lowest BCUT2D eigenvalue weighted by molar-refractivity contribution is -0.535. The number of hydrogen-bond acceptors (Lipinski definition) is 8. The second-order valence-corrected chi connectivity index (χ2v) is 11.6. The average molecular weight is 537 g/mol. The average Bonchev–Trinajstić information content (AvgIpc) is 2.99. The summed E-state index contributed by atoms with van der Waals surface area (Å²) in [5.41, 5.74) is 6.35. The summed E-state index contributed by atoms with van der Waals surface area (Å²) < 4.78 is 0. The van der Waals surface area contributed by atoms with E-state index in [4.69, 9.17) is 4.98 Å². The molecule has 7 rings (SSSR count). The highest BCUT2D eigenvalue weighted by molar-refractivity contribution is 6.06. The monoisotopic (exact) mass is 536 g/mol. The van der Waals surface area contributed by atoms with Crippen molar-refractivity contribution < 1.29 is 10.2 Å². The van der Waals surface area contributed by atoms with Crippen LogP contribution in [0.15, 0.2) is 48.8 Å². The quantitative estimate of drug-likeness (QED) is 0.277. The lowest BCUT2D eigenvalue weighted by atomic mass is 9.62. The Kier molecular flexibility index (Phi) is 5.67. The van der Waals surface area contributed by atoms with Gasteiger partial charge in [0.05, 0.1) is 16.7 Å². The number of rotatable bonds is 6. The summed E-state index contributed by atoms with van der Waals surface area (Å²) in [6.07, 6.45) is 4.87. The summed E-state index contributed by atoms with van der Waals surface area (Å²) in [5.74, 6) is -1.36. The van der Waals surface area contributed by atoms with Crippen molar-refractivity contribution in [2.75, 3.05) is 21.3 Å². The van der Waals surface area contributed by atoms with Gasteiger partial charge in [0, 0.05) is 40.2 Å². The van der Waals surface area contributed by atoms with Crippen molar-refractivity contribution in [1.82, 2.24) is 9.97 Å². The molecule has 1 saturated carbocycles. The maximum atomic E-state index is 14.0. The summed E-state index contributed by atoms with van der Waals surface area (Å²) in [4.78, 5) is 9.39. The molecule has 1 fully saturated rings. The van der Waals surface area contributed by atoms with Crippen LogP contribution in [0.2, 0.25) is 0 Å². The Balaban J connectivity index is 1.29. The number of pyridine rings is 2. The first-order valence-corrected chi connectivity index (χ1v) is 14.7. The molecule has 40 heavy (non-hydrogen) atoms. The molecule has 0 amide bonds. The predicted octanol–water partition coefficient (Wildman–Crippen LogP) is 4.83. The molecule has 2 unspecified atom stereocenters. The van der Waals surface area contributed by atoms with Crippen LogP contribution in [-0.4, -0.2) is 33.5 Å². The fourth-order valence-electron chi connectivity index (χ4n) is 7.18. The van der Waals surface area contributed by atoms with Gasteiger partial charge in [0.15, 0.2) is 0 Å². The zero-order valence-electron chi connectivity index (χ0n) is 23.5. The number of aromatic nitrogens is 2. The molecule has 0 spiro atoms. The highest BCUT2D eigenvalue weighted by Crippen LogP contribution is 2.53. The molecule has 4 N–H and O–H groups in total. The molecule has 0 radical (unpaired) electrons. The molecule has 1 aliphatic carbocycles. The molecule has 8 nitrogen and oxygen atoms in total. The number of hydrogen-bond donors (Lipinski definition) is 4. The van der Waals surface area contributed by atoms with Crippen molar-refractivity contribution in [1.29, 1.82) is 0 Å². The van der Waals surface area contributed by atoms with Gasteiger partial charge in [-0.05, 0) is 72.9 Å². The van der Waals surface area contributed by atoms with Crippen molar-refractivity contribution in [2.45, 2.75) is 88.7 Å². The van der Waals surface area contributed by atoms with Gasteiger partial charge in [-0.3, -0.25) is 9.97 Å². The fourth-order valence-corrected chi connectivity index (χ4v) is 7.18. The van der Waals surface area contributed by atoms with Crippen molar-refractivity contribution >= 4 is 44.6 Å². The number of anilines is 4. The zero-order chi connectivity index (χ0) is 27.8. The minimum Gasteiger partial charge on any atom is -0.851 e. The van der Waals surface area contributed by atoms with Gasteiger partial charge in [-0.1, -0.05) is 39.8 Å². The molecule has 2 aromatic heterocycles. The van der Waals surface area contributed by atoms with Crippen LogP contribution in [0.5, 0.6) is 0 Å². The van der Waals surface area contributed by atoms with Gasteiger partial charge in [-0.15, -0.1) is 12.2 Å². The van der Waals surface area contributed by atoms with Crippen LogP contribution in [0.1, 0.15) is 76.3 Å². The van der Waals surface area contributed by atoms with Crippen LogP contribution in [0, 0.1) is 0 Å². The Bertz CT molecular complexity index is 1610. The Hall–Kier alpha value is -3.62. The van der Waals surface area contributed by atoms with E-state index in [1.54, 1.807) is 12.4 Å². The van der Waals surface area contributed by atoms with E-state index in [1.165, 1.54) is 0 Å². The first-order chi connectivity index (χ1) is 19.4. The molecular formula is C32H36N6O2-2. The number of nitrogens with one attached hydrogen (secondary N) is 4. The van der Waals surface area contributed by atoms with E-state index in [9.17, 15) is 10.2 Å². The van der Waals surface area contributed by atoms with Gasteiger partial charge in [-0.25, -0.2) is 0 Å². The molecular weight excluding hydrogens is 500 g/mol. The molecule has 3 aliphatic rings. The molecule has 2 aliphatic heterocycles. The number of benzene rings is 2. The third-order valence-corrected chi connectivity index (χ3v) is 9.88. The normalized spacial score (nSPS) is 25.4. The summed E-state index contributed by atoms with van der Waals surface area (Å²) in [7, 11) is 0. The molecule has 0 saturated heterocycles. The maximum Gasteiger partial charge on any atom is 0.107 e. The van der Waals surface area contributed by atoms with E-state index in [0.717, 1.165) is 81.4 Å². The Morgan fingerprint density at radius 2 is 1.27 bits per heavy atom. The van der Waals surface area contributed by atoms with Crippen LogP contribution in [0.3, 0.4) is 0 Å². The lowest BCUT2D eigenvalue weighted by Crippen LogP contribution is -2.64. The van der Waals surface area contributed by atoms with Crippen LogP contribution in [-0.2, 0) is 0 Å². The highest BCUT2D eigenvalue weighted by Gasteiger charge is 2.43. The second-order valence-electron chi connectivity index (χ2n) is 11.6. The van der Waals surface area contributed by atoms with Gasteiger partial charge in [-0.2, -0.15) is 0 Å². The van der Waals surface area contributed by atoms with Crippen molar-refractivity contribution in [3.63, 3.8) is 0 Å². The van der Waals surface area contributed by atoms with Gasteiger partial charge in [0.25, 0.3) is 0 Å². The number of nitrogens with zero attached hydrogens (tertiary/aromatic N) is 2. The van der Waals surface area contributed by atoms with Crippen molar-refractivity contribution in [3.8, 4) is 0 Å². The standard InChI is InChI=1S/C32H36N6O2/c1-5-31(6-2)36-21-13-12-17(27-26(21)22(37-31)14-15-33-27)23-29(39)24(30(23)40)18-16-34-19-10-9-11-20-25(19)28(18)38-32(7-3,8-4)35-20/h9-16,23-24,29-30,35-38H,5-8H2,1-4H3/q-2. The first kappa shape index (κ1) is 25.4. The minimum absolute atomic E-state index is 0.232. The summed E-state index contributed by atoms with van der Waals surface area (Å²) in [6.45, 7) is 8.60. The highest BCUT2D eigenvalue weighted by atomic mass is 16.3. The SMILES string of the molecule is CCC1(CC)Nc2cccc3ncc(C4C([O-])C(c5ccc6c7c(ccnc57)NC(CC)(CC)N6)C4[O-])c(c23)N1. The van der Waals surface area contributed by atoms with E-state index < -0.39 is 24.0 Å². The van der Waals surface area contributed by atoms with Gasteiger partial charge in [0.2, 0.25) is 0 Å². The first-order valence-electron chi connectivity index (χ1n) is 14.7. The topological polar surface area (TPSA) is 120 Å². The molecule has 4 aromatic rings. The van der Waals surface area contributed by atoms with Crippen LogP contribution >= 0.6 is 0 Å². The largest absolute Gasteiger partial charge is 0.851 e. The third kappa shape index (κ3) is 3.38. The molecule has 2 aromatic carbocycles. The van der Waals surface area contributed by atoms with Crippen molar-refractivity contribution in [2.24, 2.45) is 0 Å². The summed E-state index contributed by atoms with van der Waals surface area (Å²) in [5, 5.41) is 44.7. The lowest BCUT2D eigenvalue weighted by Gasteiger charge is -2.62. The summed E-state index contributed by atoms with van der Waals surface area (Å²) >= 11 is 0. The van der Waals surface area contributed by atoms with E-state index >= 15 is 0 Å². The van der Waals surface area contributed by atoms with Crippen LogP contribution in [0.4, 0.5) is 22.7 Å². The van der Waals surface area contributed by atoms with E-state index in [2.05, 4.69) is 60.0 Å². The predicted molar refractivity (Wildman–Crippen MR) is 158 cm³/mol. The van der Waals surface area contributed by atoms with Gasteiger partial charge in [0.1, 0.15) is 11.3 Å². The Morgan fingerprint density at radius 3 is 1.95 bits per heavy atom. The smallest absolute Gasteiger partial charge is 0.107 e. The second kappa shape index (κ2) is 8.94. The maximum absolute atomic E-state index is 14.0.